The first-order valence-electron chi connectivity index (χ1n) is 9.50. The molecular formula is C22H29FN2O3S. The molecular weight excluding hydrogens is 391 g/mol. The highest BCUT2D eigenvalue weighted by Gasteiger charge is 2.23. The summed E-state index contributed by atoms with van der Waals surface area (Å²) in [6.07, 6.45) is 0.0405. The molecule has 0 saturated carbocycles. The summed E-state index contributed by atoms with van der Waals surface area (Å²) in [6, 6.07) is 5.93. The molecule has 0 fully saturated rings. The summed E-state index contributed by atoms with van der Waals surface area (Å²) in [5.74, 6) is -0.522. The lowest BCUT2D eigenvalue weighted by atomic mass is 9.95. The standard InChI is InChI=1S/C22H29FN2O3S/c1-14-15(2)17(4)22(18(5)16(14)3)29(27,28)24-12-11-21(26)25(6)13-19-7-9-20(23)10-8-19/h7-10,24H,11-13H2,1-6H3. The quantitative estimate of drug-likeness (QED) is 0.743. The van der Waals surface area contributed by atoms with Gasteiger partial charge in [-0.2, -0.15) is 0 Å². The van der Waals surface area contributed by atoms with Crippen LogP contribution in [0.2, 0.25) is 0 Å². The van der Waals surface area contributed by atoms with E-state index in [9.17, 15) is 17.6 Å². The van der Waals surface area contributed by atoms with Gasteiger partial charge in [0, 0.05) is 26.6 Å². The first-order valence-corrected chi connectivity index (χ1v) is 11.0. The van der Waals surface area contributed by atoms with Crippen LogP contribution in [-0.4, -0.2) is 32.8 Å². The molecule has 0 radical (unpaired) electrons. The highest BCUT2D eigenvalue weighted by molar-refractivity contribution is 7.89. The van der Waals surface area contributed by atoms with Gasteiger partial charge in [0.25, 0.3) is 0 Å². The maximum atomic E-state index is 13.0. The molecule has 0 atom stereocenters. The number of sulfonamides is 1. The zero-order valence-corrected chi connectivity index (χ0v) is 18.7. The zero-order valence-electron chi connectivity index (χ0n) is 17.9. The predicted octanol–water partition coefficient (Wildman–Crippen LogP) is 3.69. The molecule has 0 aliphatic carbocycles. The van der Waals surface area contributed by atoms with Crippen LogP contribution in [-0.2, 0) is 21.4 Å². The molecule has 0 heterocycles. The van der Waals surface area contributed by atoms with Crippen LogP contribution in [0.4, 0.5) is 4.39 Å². The minimum Gasteiger partial charge on any atom is -0.341 e. The van der Waals surface area contributed by atoms with E-state index in [1.807, 2.05) is 34.6 Å². The molecule has 0 spiro atoms. The van der Waals surface area contributed by atoms with E-state index in [-0.39, 0.29) is 24.7 Å². The first-order chi connectivity index (χ1) is 13.5. The topological polar surface area (TPSA) is 66.5 Å². The van der Waals surface area contributed by atoms with Crippen molar-refractivity contribution in [1.82, 2.24) is 9.62 Å². The van der Waals surface area contributed by atoms with E-state index in [1.165, 1.54) is 17.0 Å². The van der Waals surface area contributed by atoms with Gasteiger partial charge in [-0.25, -0.2) is 17.5 Å². The van der Waals surface area contributed by atoms with Crippen LogP contribution in [0.3, 0.4) is 0 Å². The number of halogens is 1. The van der Waals surface area contributed by atoms with Crippen LogP contribution in [0, 0.1) is 40.4 Å². The van der Waals surface area contributed by atoms with Crippen LogP contribution < -0.4 is 4.72 Å². The van der Waals surface area contributed by atoms with Crippen molar-refractivity contribution in [3.05, 3.63) is 63.5 Å². The Morgan fingerprint density at radius 2 is 1.41 bits per heavy atom. The molecule has 0 aliphatic rings. The van der Waals surface area contributed by atoms with E-state index < -0.39 is 10.0 Å². The number of nitrogens with one attached hydrogen (secondary N) is 1. The van der Waals surface area contributed by atoms with Crippen molar-refractivity contribution < 1.29 is 17.6 Å². The minimum absolute atomic E-state index is 0.0137. The second-order valence-corrected chi connectivity index (χ2v) is 9.18. The maximum Gasteiger partial charge on any atom is 0.241 e. The van der Waals surface area contributed by atoms with Gasteiger partial charge in [-0.3, -0.25) is 4.79 Å². The molecule has 2 rings (SSSR count). The van der Waals surface area contributed by atoms with E-state index in [0.717, 1.165) is 33.4 Å². The highest BCUT2D eigenvalue weighted by atomic mass is 32.2. The Bertz CT molecular complexity index is 986. The van der Waals surface area contributed by atoms with Crippen LogP contribution >= 0.6 is 0 Å². The van der Waals surface area contributed by atoms with Gasteiger partial charge in [0.1, 0.15) is 5.82 Å². The van der Waals surface area contributed by atoms with Gasteiger partial charge in [-0.15, -0.1) is 0 Å². The highest BCUT2D eigenvalue weighted by Crippen LogP contribution is 2.29. The molecule has 0 bridgehead atoms. The van der Waals surface area contributed by atoms with Gasteiger partial charge >= 0.3 is 0 Å². The fourth-order valence-corrected chi connectivity index (χ4v) is 5.00. The molecule has 0 saturated heterocycles. The Labute approximate surface area is 173 Å². The number of hydrogen-bond acceptors (Lipinski definition) is 3. The molecule has 5 nitrogen and oxygen atoms in total. The predicted molar refractivity (Wildman–Crippen MR) is 113 cm³/mol. The van der Waals surface area contributed by atoms with Crippen LogP contribution in [0.25, 0.3) is 0 Å². The number of hydrogen-bond donors (Lipinski definition) is 1. The van der Waals surface area contributed by atoms with Gasteiger partial charge in [-0.1, -0.05) is 12.1 Å². The average Bonchev–Trinajstić information content (AvgIpc) is 2.66. The van der Waals surface area contributed by atoms with Crippen molar-refractivity contribution in [2.75, 3.05) is 13.6 Å². The van der Waals surface area contributed by atoms with Gasteiger partial charge in [0.05, 0.1) is 4.90 Å². The Balaban J connectivity index is 2.04. The summed E-state index contributed by atoms with van der Waals surface area (Å²) in [6.45, 7) is 9.80. The molecule has 0 unspecified atom stereocenters. The lowest BCUT2D eigenvalue weighted by molar-refractivity contribution is -0.130. The van der Waals surface area contributed by atoms with E-state index in [0.29, 0.717) is 11.4 Å². The maximum absolute atomic E-state index is 13.0. The van der Waals surface area contributed by atoms with E-state index in [4.69, 9.17) is 0 Å². The second kappa shape index (κ2) is 9.05. The van der Waals surface area contributed by atoms with E-state index >= 15 is 0 Å². The molecule has 158 valence electrons. The van der Waals surface area contributed by atoms with Crippen LogP contribution in [0.15, 0.2) is 29.2 Å². The SMILES string of the molecule is Cc1c(C)c(C)c(S(=O)(=O)NCCC(=O)N(C)Cc2ccc(F)cc2)c(C)c1C. The normalized spacial score (nSPS) is 11.6. The molecule has 1 amide bonds. The smallest absolute Gasteiger partial charge is 0.241 e. The third kappa shape index (κ3) is 5.22. The summed E-state index contributed by atoms with van der Waals surface area (Å²) < 4.78 is 41.3. The summed E-state index contributed by atoms with van der Waals surface area (Å²) >= 11 is 0. The molecule has 2 aromatic rings. The lowest BCUT2D eigenvalue weighted by Gasteiger charge is -2.20. The Kier molecular flexibility index (Phi) is 7.19. The fraction of sp³-hybridized carbons (Fsp3) is 0.409. The summed E-state index contributed by atoms with van der Waals surface area (Å²) in [5.41, 5.74) is 5.29. The zero-order chi connectivity index (χ0) is 21.9. The van der Waals surface area contributed by atoms with Gasteiger partial charge in [0.2, 0.25) is 15.9 Å². The molecule has 0 aromatic heterocycles. The summed E-state index contributed by atoms with van der Waals surface area (Å²) in [4.78, 5) is 14.1. The molecule has 0 aliphatic heterocycles. The van der Waals surface area contributed by atoms with Crippen molar-refractivity contribution in [1.29, 1.82) is 0 Å². The largest absolute Gasteiger partial charge is 0.341 e. The van der Waals surface area contributed by atoms with Gasteiger partial charge in [-0.05, 0) is 80.1 Å². The molecule has 2 aromatic carbocycles. The average molecular weight is 421 g/mol. The number of benzene rings is 2. The second-order valence-electron chi connectivity index (χ2n) is 7.48. The molecule has 29 heavy (non-hydrogen) atoms. The van der Waals surface area contributed by atoms with E-state index in [2.05, 4.69) is 4.72 Å². The number of carbonyl (C=O) groups is 1. The van der Waals surface area contributed by atoms with Gasteiger partial charge < -0.3 is 4.90 Å². The first kappa shape index (κ1) is 23.0. The van der Waals surface area contributed by atoms with Crippen LogP contribution in [0.1, 0.15) is 39.8 Å². The fourth-order valence-electron chi connectivity index (χ4n) is 3.38. The Morgan fingerprint density at radius 3 is 1.93 bits per heavy atom. The van der Waals surface area contributed by atoms with Crippen molar-refractivity contribution >= 4 is 15.9 Å². The van der Waals surface area contributed by atoms with Gasteiger partial charge in [0.15, 0.2) is 0 Å². The van der Waals surface area contributed by atoms with Crippen molar-refractivity contribution in [2.24, 2.45) is 0 Å². The number of nitrogens with zero attached hydrogens (tertiary/aromatic N) is 1. The van der Waals surface area contributed by atoms with Crippen molar-refractivity contribution in [3.8, 4) is 0 Å². The molecule has 7 heteroatoms. The number of rotatable bonds is 7. The summed E-state index contributed by atoms with van der Waals surface area (Å²) in [5, 5.41) is 0. The third-order valence-electron chi connectivity index (χ3n) is 5.59. The Morgan fingerprint density at radius 1 is 0.931 bits per heavy atom. The third-order valence-corrected chi connectivity index (χ3v) is 7.32. The monoisotopic (exact) mass is 420 g/mol. The van der Waals surface area contributed by atoms with E-state index in [1.54, 1.807) is 19.2 Å². The lowest BCUT2D eigenvalue weighted by Crippen LogP contribution is -2.32. The molecule has 1 N–H and O–H groups in total. The van der Waals surface area contributed by atoms with Crippen molar-refractivity contribution in [3.63, 3.8) is 0 Å². The Hall–Kier alpha value is -2.25. The van der Waals surface area contributed by atoms with Crippen LogP contribution in [0.5, 0.6) is 0 Å². The number of amides is 1. The minimum atomic E-state index is -3.73. The number of carbonyl (C=O) groups excluding carboxylic acids is 1. The summed E-state index contributed by atoms with van der Waals surface area (Å²) in [7, 11) is -2.09. The van der Waals surface area contributed by atoms with Crippen molar-refractivity contribution in [2.45, 2.75) is 52.5 Å².